The molecule has 0 aromatic rings. The normalized spacial score (nSPS) is 26.2. The van der Waals surface area contributed by atoms with Crippen LogP contribution in [0.3, 0.4) is 0 Å². The monoisotopic (exact) mass is 234 g/mol. The van der Waals surface area contributed by atoms with Gasteiger partial charge in [-0.1, -0.05) is 24.6 Å². The number of carbonyl (C=O) groups is 2. The Morgan fingerprint density at radius 1 is 1.53 bits per heavy atom. The lowest BCUT2D eigenvalue weighted by molar-refractivity contribution is -0.131. The predicted molar refractivity (Wildman–Crippen MR) is 66.6 cm³/mol. The number of carboxylic acid groups (broad SMARTS) is 1. The van der Waals surface area contributed by atoms with Gasteiger partial charge in [-0.3, -0.25) is 4.79 Å². The SMILES string of the molecule is CC1=CC(=O)C[C@@H](C)[C@H]1/C=C/C(C)=C/C(=O)O. The molecule has 0 fully saturated rings. The maximum atomic E-state index is 11.3. The summed E-state index contributed by atoms with van der Waals surface area (Å²) in [6, 6.07) is 0. The topological polar surface area (TPSA) is 54.4 Å². The standard InChI is InChI=1S/C14H18O3/c1-9(6-14(16)17)4-5-13-10(2)7-12(15)8-11(13)3/h4-7,11,13H,8H2,1-3H3,(H,16,17)/b5-4+,9-6+/t11-,13+/m1/s1. The lowest BCUT2D eigenvalue weighted by Crippen LogP contribution is -2.20. The van der Waals surface area contributed by atoms with Gasteiger partial charge in [0.1, 0.15) is 0 Å². The molecule has 0 aromatic heterocycles. The number of carbonyl (C=O) groups excluding carboxylic acids is 1. The van der Waals surface area contributed by atoms with Crippen LogP contribution in [-0.4, -0.2) is 16.9 Å². The minimum atomic E-state index is -0.939. The summed E-state index contributed by atoms with van der Waals surface area (Å²) >= 11 is 0. The summed E-state index contributed by atoms with van der Waals surface area (Å²) in [4.78, 5) is 21.8. The number of allylic oxidation sites excluding steroid dienone is 5. The Labute approximate surface area is 102 Å². The average molecular weight is 234 g/mol. The van der Waals surface area contributed by atoms with Crippen LogP contribution in [0.5, 0.6) is 0 Å². The van der Waals surface area contributed by atoms with E-state index < -0.39 is 5.97 Å². The third kappa shape index (κ3) is 4.02. The van der Waals surface area contributed by atoms with E-state index in [1.54, 1.807) is 13.0 Å². The van der Waals surface area contributed by atoms with Gasteiger partial charge >= 0.3 is 5.97 Å². The summed E-state index contributed by atoms with van der Waals surface area (Å²) in [6.45, 7) is 5.74. The first-order chi connectivity index (χ1) is 7.90. The first kappa shape index (κ1) is 13.4. The minimum absolute atomic E-state index is 0.178. The van der Waals surface area contributed by atoms with Crippen molar-refractivity contribution in [3.05, 3.63) is 35.5 Å². The van der Waals surface area contributed by atoms with Gasteiger partial charge in [0.05, 0.1) is 0 Å². The van der Waals surface area contributed by atoms with Gasteiger partial charge in [0, 0.05) is 18.4 Å². The van der Waals surface area contributed by atoms with Crippen LogP contribution >= 0.6 is 0 Å². The predicted octanol–water partition coefficient (Wildman–Crippen LogP) is 2.74. The van der Waals surface area contributed by atoms with Gasteiger partial charge in [0.25, 0.3) is 0 Å². The van der Waals surface area contributed by atoms with Crippen molar-refractivity contribution in [2.24, 2.45) is 11.8 Å². The molecule has 92 valence electrons. The summed E-state index contributed by atoms with van der Waals surface area (Å²) in [5.41, 5.74) is 1.75. The van der Waals surface area contributed by atoms with E-state index in [0.29, 0.717) is 12.0 Å². The largest absolute Gasteiger partial charge is 0.478 e. The molecule has 0 saturated carbocycles. The lowest BCUT2D eigenvalue weighted by Gasteiger charge is -2.25. The van der Waals surface area contributed by atoms with E-state index in [2.05, 4.69) is 0 Å². The Bertz CT molecular complexity index is 413. The molecular weight excluding hydrogens is 216 g/mol. The molecule has 17 heavy (non-hydrogen) atoms. The van der Waals surface area contributed by atoms with Crippen LogP contribution < -0.4 is 0 Å². The van der Waals surface area contributed by atoms with Crippen molar-refractivity contribution >= 4 is 11.8 Å². The fourth-order valence-electron chi connectivity index (χ4n) is 2.14. The fraction of sp³-hybridized carbons (Fsp3) is 0.429. The highest BCUT2D eigenvalue weighted by Gasteiger charge is 2.23. The van der Waals surface area contributed by atoms with Crippen LogP contribution in [0.1, 0.15) is 27.2 Å². The van der Waals surface area contributed by atoms with Gasteiger partial charge in [-0.2, -0.15) is 0 Å². The first-order valence-corrected chi connectivity index (χ1v) is 5.70. The van der Waals surface area contributed by atoms with Crippen LogP contribution in [0.2, 0.25) is 0 Å². The fourth-order valence-corrected chi connectivity index (χ4v) is 2.14. The Morgan fingerprint density at radius 3 is 2.71 bits per heavy atom. The molecule has 0 amide bonds. The summed E-state index contributed by atoms with van der Waals surface area (Å²) in [5, 5.41) is 8.59. The molecule has 3 heteroatoms. The van der Waals surface area contributed by atoms with Gasteiger partial charge in [-0.05, 0) is 31.4 Å². The average Bonchev–Trinajstić information content (AvgIpc) is 2.14. The van der Waals surface area contributed by atoms with E-state index in [1.165, 1.54) is 6.08 Å². The van der Waals surface area contributed by atoms with Gasteiger partial charge in [0.2, 0.25) is 0 Å². The Kier molecular flexibility index (Phi) is 4.44. The molecule has 0 heterocycles. The molecule has 0 radical (unpaired) electrons. The molecule has 1 aliphatic carbocycles. The Balaban J connectivity index is 2.81. The van der Waals surface area contributed by atoms with Crippen molar-refractivity contribution < 1.29 is 14.7 Å². The van der Waals surface area contributed by atoms with Crippen molar-refractivity contribution in [1.29, 1.82) is 0 Å². The lowest BCUT2D eigenvalue weighted by atomic mass is 9.79. The second kappa shape index (κ2) is 5.62. The van der Waals surface area contributed by atoms with E-state index in [1.807, 2.05) is 26.0 Å². The van der Waals surface area contributed by atoms with Crippen LogP contribution in [0.25, 0.3) is 0 Å². The molecule has 0 unspecified atom stereocenters. The van der Waals surface area contributed by atoms with Crippen LogP contribution in [0, 0.1) is 11.8 Å². The number of aliphatic carboxylic acids is 1. The minimum Gasteiger partial charge on any atom is -0.478 e. The van der Waals surface area contributed by atoms with Crippen LogP contribution in [0.4, 0.5) is 0 Å². The van der Waals surface area contributed by atoms with E-state index in [-0.39, 0.29) is 17.6 Å². The molecule has 2 atom stereocenters. The molecule has 0 aliphatic heterocycles. The van der Waals surface area contributed by atoms with E-state index >= 15 is 0 Å². The molecule has 0 spiro atoms. The van der Waals surface area contributed by atoms with Gasteiger partial charge < -0.3 is 5.11 Å². The number of carboxylic acids is 1. The molecule has 1 rings (SSSR count). The molecule has 0 aromatic carbocycles. The van der Waals surface area contributed by atoms with Crippen LogP contribution in [-0.2, 0) is 9.59 Å². The number of hydrogen-bond donors (Lipinski definition) is 1. The molecular formula is C14H18O3. The van der Waals surface area contributed by atoms with Crippen molar-refractivity contribution in [3.8, 4) is 0 Å². The zero-order valence-corrected chi connectivity index (χ0v) is 10.4. The van der Waals surface area contributed by atoms with Crippen molar-refractivity contribution in [3.63, 3.8) is 0 Å². The molecule has 1 N–H and O–H groups in total. The second-order valence-electron chi connectivity index (χ2n) is 4.65. The third-order valence-corrected chi connectivity index (χ3v) is 2.97. The summed E-state index contributed by atoms with van der Waals surface area (Å²) in [5.74, 6) is -0.255. The van der Waals surface area contributed by atoms with Gasteiger partial charge in [0.15, 0.2) is 5.78 Å². The van der Waals surface area contributed by atoms with Crippen molar-refractivity contribution in [1.82, 2.24) is 0 Å². The highest BCUT2D eigenvalue weighted by molar-refractivity contribution is 5.91. The third-order valence-electron chi connectivity index (χ3n) is 2.97. The number of ketones is 1. The number of rotatable bonds is 3. The summed E-state index contributed by atoms with van der Waals surface area (Å²) in [7, 11) is 0. The smallest absolute Gasteiger partial charge is 0.328 e. The van der Waals surface area contributed by atoms with Gasteiger partial charge in [-0.15, -0.1) is 0 Å². The second-order valence-corrected chi connectivity index (χ2v) is 4.65. The Hall–Kier alpha value is -1.64. The highest BCUT2D eigenvalue weighted by Crippen LogP contribution is 2.29. The summed E-state index contributed by atoms with van der Waals surface area (Å²) < 4.78 is 0. The zero-order valence-electron chi connectivity index (χ0n) is 10.4. The Morgan fingerprint density at radius 2 is 2.18 bits per heavy atom. The summed E-state index contributed by atoms with van der Waals surface area (Å²) in [6.07, 6.45) is 7.22. The van der Waals surface area contributed by atoms with Gasteiger partial charge in [-0.25, -0.2) is 4.79 Å². The first-order valence-electron chi connectivity index (χ1n) is 5.70. The highest BCUT2D eigenvalue weighted by atomic mass is 16.4. The quantitative estimate of drug-likeness (QED) is 0.603. The van der Waals surface area contributed by atoms with E-state index in [4.69, 9.17) is 5.11 Å². The van der Waals surface area contributed by atoms with Crippen molar-refractivity contribution in [2.45, 2.75) is 27.2 Å². The van der Waals surface area contributed by atoms with E-state index in [9.17, 15) is 9.59 Å². The molecule has 3 nitrogen and oxygen atoms in total. The maximum Gasteiger partial charge on any atom is 0.328 e. The van der Waals surface area contributed by atoms with Crippen molar-refractivity contribution in [2.75, 3.05) is 0 Å². The number of hydrogen-bond acceptors (Lipinski definition) is 2. The van der Waals surface area contributed by atoms with Crippen LogP contribution in [0.15, 0.2) is 35.5 Å². The maximum absolute atomic E-state index is 11.3. The molecule has 1 aliphatic rings. The molecule has 0 bridgehead atoms. The molecule has 0 saturated heterocycles. The van der Waals surface area contributed by atoms with E-state index in [0.717, 1.165) is 5.57 Å². The zero-order chi connectivity index (χ0) is 13.0.